The minimum atomic E-state index is -0.225. The third-order valence-electron chi connectivity index (χ3n) is 6.53. The highest BCUT2D eigenvalue weighted by atomic mass is 32.1. The number of aryl methyl sites for hydroxylation is 1. The van der Waals surface area contributed by atoms with Crippen LogP contribution in [0.3, 0.4) is 0 Å². The standard InChI is InChI=1S/C26H28N4O3S/c1-19-6-2-3-7-20(19)16-25(31)29-12-10-28(11-13-29)18-26(32)30-22(23-8-4-14-33-23)17-21(27-30)24-9-5-15-34-24/h2-9,14-15,22H,10-13,16-18H2,1H3. The fourth-order valence-corrected chi connectivity index (χ4v) is 5.26. The normalized spacial score (nSPS) is 18.9. The van der Waals surface area contributed by atoms with Crippen LogP contribution >= 0.6 is 11.3 Å². The molecular formula is C26H28N4O3S. The van der Waals surface area contributed by atoms with Crippen molar-refractivity contribution in [2.24, 2.45) is 5.10 Å². The lowest BCUT2D eigenvalue weighted by Gasteiger charge is -2.35. The quantitative estimate of drug-likeness (QED) is 0.544. The van der Waals surface area contributed by atoms with Crippen LogP contribution in [0.2, 0.25) is 0 Å². The fourth-order valence-electron chi connectivity index (χ4n) is 4.54. The molecule has 34 heavy (non-hydrogen) atoms. The van der Waals surface area contributed by atoms with E-state index in [1.165, 1.54) is 0 Å². The van der Waals surface area contributed by atoms with Crippen molar-refractivity contribution in [3.8, 4) is 0 Å². The SMILES string of the molecule is Cc1ccccc1CC(=O)N1CCN(CC(=O)N2N=C(c3cccs3)CC2c2ccco2)CC1. The van der Waals surface area contributed by atoms with E-state index < -0.39 is 0 Å². The summed E-state index contributed by atoms with van der Waals surface area (Å²) < 4.78 is 5.63. The number of hydrogen-bond donors (Lipinski definition) is 0. The van der Waals surface area contributed by atoms with Gasteiger partial charge in [0.05, 0.1) is 29.8 Å². The molecule has 3 aromatic rings. The van der Waals surface area contributed by atoms with E-state index in [0.29, 0.717) is 39.0 Å². The molecule has 0 bridgehead atoms. The molecule has 1 unspecified atom stereocenters. The number of nitrogens with zero attached hydrogens (tertiary/aromatic N) is 4. The minimum Gasteiger partial charge on any atom is -0.467 e. The van der Waals surface area contributed by atoms with E-state index in [2.05, 4.69) is 4.90 Å². The second-order valence-corrected chi connectivity index (χ2v) is 9.71. The predicted molar refractivity (Wildman–Crippen MR) is 132 cm³/mol. The van der Waals surface area contributed by atoms with Crippen LogP contribution in [-0.4, -0.2) is 65.1 Å². The van der Waals surface area contributed by atoms with Crippen LogP contribution in [0.1, 0.15) is 34.2 Å². The largest absolute Gasteiger partial charge is 0.467 e. The molecule has 8 heteroatoms. The molecule has 4 heterocycles. The number of benzene rings is 1. The third-order valence-corrected chi connectivity index (χ3v) is 7.45. The first-order valence-corrected chi connectivity index (χ1v) is 12.5. The summed E-state index contributed by atoms with van der Waals surface area (Å²) in [6, 6.07) is 15.6. The van der Waals surface area contributed by atoms with E-state index in [1.54, 1.807) is 22.6 Å². The van der Waals surface area contributed by atoms with Crippen molar-refractivity contribution in [1.82, 2.24) is 14.8 Å². The summed E-state index contributed by atoms with van der Waals surface area (Å²) in [6.07, 6.45) is 2.69. The lowest BCUT2D eigenvalue weighted by Crippen LogP contribution is -2.51. The maximum Gasteiger partial charge on any atom is 0.257 e. The lowest BCUT2D eigenvalue weighted by molar-refractivity contribution is -0.136. The van der Waals surface area contributed by atoms with E-state index in [-0.39, 0.29) is 24.4 Å². The van der Waals surface area contributed by atoms with Gasteiger partial charge in [-0.2, -0.15) is 5.10 Å². The molecule has 0 radical (unpaired) electrons. The molecule has 5 rings (SSSR count). The number of carbonyl (C=O) groups is 2. The number of hydrogen-bond acceptors (Lipinski definition) is 6. The summed E-state index contributed by atoms with van der Waals surface area (Å²) in [5.74, 6) is 0.839. The van der Waals surface area contributed by atoms with Gasteiger partial charge in [0.1, 0.15) is 11.8 Å². The Labute approximate surface area is 203 Å². The number of amides is 2. The Morgan fingerprint density at radius 3 is 2.56 bits per heavy atom. The van der Waals surface area contributed by atoms with Gasteiger partial charge in [-0.3, -0.25) is 14.5 Å². The van der Waals surface area contributed by atoms with Gasteiger partial charge in [-0.05, 0) is 41.6 Å². The zero-order valence-corrected chi connectivity index (χ0v) is 20.0. The van der Waals surface area contributed by atoms with E-state index in [4.69, 9.17) is 9.52 Å². The molecule has 0 saturated carbocycles. The Bertz CT molecular complexity index is 1160. The second kappa shape index (κ2) is 9.95. The molecule has 2 aromatic heterocycles. The molecule has 1 aromatic carbocycles. The maximum atomic E-state index is 13.3. The summed E-state index contributed by atoms with van der Waals surface area (Å²) in [5.41, 5.74) is 3.12. The number of hydrazone groups is 1. The third kappa shape index (κ3) is 4.83. The molecule has 176 valence electrons. The average Bonchev–Trinajstić information content (AvgIpc) is 3.62. The van der Waals surface area contributed by atoms with Crippen LogP contribution < -0.4 is 0 Å². The fraction of sp³-hybridized carbons (Fsp3) is 0.346. The van der Waals surface area contributed by atoms with Crippen LogP contribution in [0.25, 0.3) is 0 Å². The van der Waals surface area contributed by atoms with Gasteiger partial charge in [-0.25, -0.2) is 5.01 Å². The van der Waals surface area contributed by atoms with Crippen molar-refractivity contribution in [3.63, 3.8) is 0 Å². The van der Waals surface area contributed by atoms with Crippen LogP contribution in [-0.2, 0) is 16.0 Å². The number of piperazine rings is 1. The smallest absolute Gasteiger partial charge is 0.257 e. The zero-order chi connectivity index (χ0) is 23.5. The van der Waals surface area contributed by atoms with Gasteiger partial charge in [0.15, 0.2) is 0 Å². The Balaban J connectivity index is 1.19. The van der Waals surface area contributed by atoms with Crippen molar-refractivity contribution in [1.29, 1.82) is 0 Å². The first-order chi connectivity index (χ1) is 16.6. The van der Waals surface area contributed by atoms with Gasteiger partial charge in [0.2, 0.25) is 5.91 Å². The molecule has 1 saturated heterocycles. The highest BCUT2D eigenvalue weighted by Gasteiger charge is 2.36. The molecular weight excluding hydrogens is 448 g/mol. The highest BCUT2D eigenvalue weighted by Crippen LogP contribution is 2.34. The predicted octanol–water partition coefficient (Wildman–Crippen LogP) is 3.71. The van der Waals surface area contributed by atoms with Crippen LogP contribution in [0.5, 0.6) is 0 Å². The number of carbonyl (C=O) groups excluding carboxylic acids is 2. The van der Waals surface area contributed by atoms with Gasteiger partial charge in [-0.1, -0.05) is 30.3 Å². The van der Waals surface area contributed by atoms with E-state index in [1.807, 2.05) is 65.7 Å². The molecule has 2 aliphatic rings. The zero-order valence-electron chi connectivity index (χ0n) is 19.2. The lowest BCUT2D eigenvalue weighted by atomic mass is 10.1. The molecule has 1 atom stereocenters. The van der Waals surface area contributed by atoms with Crippen molar-refractivity contribution in [2.75, 3.05) is 32.7 Å². The van der Waals surface area contributed by atoms with Crippen molar-refractivity contribution < 1.29 is 14.0 Å². The summed E-state index contributed by atoms with van der Waals surface area (Å²) in [5, 5.41) is 8.30. The monoisotopic (exact) mass is 476 g/mol. The van der Waals surface area contributed by atoms with Gasteiger partial charge < -0.3 is 9.32 Å². The van der Waals surface area contributed by atoms with Crippen LogP contribution in [0.4, 0.5) is 0 Å². The van der Waals surface area contributed by atoms with Crippen molar-refractivity contribution in [3.05, 3.63) is 81.9 Å². The van der Waals surface area contributed by atoms with Gasteiger partial charge in [-0.15, -0.1) is 11.3 Å². The molecule has 0 spiro atoms. The Hall–Kier alpha value is -3.23. The minimum absolute atomic E-state index is 0.0485. The van der Waals surface area contributed by atoms with Crippen LogP contribution in [0, 0.1) is 6.92 Å². The maximum absolute atomic E-state index is 13.3. The van der Waals surface area contributed by atoms with E-state index >= 15 is 0 Å². The molecule has 0 N–H and O–H groups in total. The molecule has 7 nitrogen and oxygen atoms in total. The Morgan fingerprint density at radius 1 is 1.03 bits per heavy atom. The number of furan rings is 1. The summed E-state index contributed by atoms with van der Waals surface area (Å²) in [4.78, 5) is 31.2. The number of rotatable bonds is 6. The highest BCUT2D eigenvalue weighted by molar-refractivity contribution is 7.12. The van der Waals surface area contributed by atoms with Gasteiger partial charge in [0, 0.05) is 32.6 Å². The van der Waals surface area contributed by atoms with Crippen molar-refractivity contribution >= 4 is 28.9 Å². The molecule has 0 aliphatic carbocycles. The molecule has 2 amide bonds. The van der Waals surface area contributed by atoms with Crippen molar-refractivity contribution in [2.45, 2.75) is 25.8 Å². The first kappa shape index (κ1) is 22.6. The number of thiophene rings is 1. The summed E-state index contributed by atoms with van der Waals surface area (Å²) >= 11 is 1.63. The Kier molecular flexibility index (Phi) is 6.60. The van der Waals surface area contributed by atoms with Crippen LogP contribution in [0.15, 0.2) is 69.7 Å². The Morgan fingerprint density at radius 2 is 1.85 bits per heavy atom. The summed E-state index contributed by atoms with van der Waals surface area (Å²) in [7, 11) is 0. The van der Waals surface area contributed by atoms with Gasteiger partial charge in [0.25, 0.3) is 5.91 Å². The first-order valence-electron chi connectivity index (χ1n) is 11.6. The van der Waals surface area contributed by atoms with E-state index in [9.17, 15) is 9.59 Å². The summed E-state index contributed by atoms with van der Waals surface area (Å²) in [6.45, 7) is 4.91. The second-order valence-electron chi connectivity index (χ2n) is 8.76. The van der Waals surface area contributed by atoms with E-state index in [0.717, 1.165) is 27.5 Å². The van der Waals surface area contributed by atoms with Gasteiger partial charge >= 0.3 is 0 Å². The topological polar surface area (TPSA) is 69.4 Å². The molecule has 2 aliphatic heterocycles. The molecule has 1 fully saturated rings. The average molecular weight is 477 g/mol.